The molecule has 1 aliphatic heterocycles. The van der Waals surface area contributed by atoms with Gasteiger partial charge in [-0.3, -0.25) is 19.4 Å². The van der Waals surface area contributed by atoms with Gasteiger partial charge in [-0.05, 0) is 25.1 Å². The smallest absolute Gasteiger partial charge is 0.238 e. The van der Waals surface area contributed by atoms with Gasteiger partial charge in [-0.15, -0.1) is 0 Å². The summed E-state index contributed by atoms with van der Waals surface area (Å²) in [5.41, 5.74) is 0. The summed E-state index contributed by atoms with van der Waals surface area (Å²) in [5, 5.41) is 0.375. The first-order valence-electron chi connectivity index (χ1n) is 5.26. The van der Waals surface area contributed by atoms with Crippen molar-refractivity contribution in [3.8, 4) is 0 Å². The Hall–Kier alpha value is -0.970. The Morgan fingerprint density at radius 2 is 1.47 bits per heavy atom. The highest BCUT2D eigenvalue weighted by atomic mass is 32.1. The Balaban J connectivity index is 2.79. The van der Waals surface area contributed by atoms with Gasteiger partial charge in [-0.2, -0.15) is 0 Å². The van der Waals surface area contributed by atoms with Crippen LogP contribution in [0.4, 0.5) is 0 Å². The minimum atomic E-state index is -0.167. The van der Waals surface area contributed by atoms with Gasteiger partial charge >= 0.3 is 0 Å². The Morgan fingerprint density at radius 3 is 1.80 bits per heavy atom. The first kappa shape index (κ1) is 12.1. The van der Waals surface area contributed by atoms with Crippen molar-refractivity contribution < 1.29 is 9.59 Å². The van der Waals surface area contributed by atoms with E-state index in [1.165, 1.54) is 9.80 Å². The van der Waals surface area contributed by atoms with Crippen LogP contribution in [0.2, 0.25) is 0 Å². The van der Waals surface area contributed by atoms with Gasteiger partial charge in [-0.1, -0.05) is 13.8 Å². The molecule has 0 unspecified atom stereocenters. The second-order valence-electron chi connectivity index (χ2n) is 3.55. The van der Waals surface area contributed by atoms with Crippen LogP contribution >= 0.6 is 12.2 Å². The molecular formula is C10H16N2O2S. The second-order valence-corrected chi connectivity index (χ2v) is 3.92. The van der Waals surface area contributed by atoms with Gasteiger partial charge in [0.15, 0.2) is 5.11 Å². The van der Waals surface area contributed by atoms with Crippen LogP contribution in [0.1, 0.15) is 33.1 Å². The zero-order chi connectivity index (χ0) is 11.4. The van der Waals surface area contributed by atoms with Crippen LogP contribution in [-0.4, -0.2) is 39.8 Å². The lowest BCUT2D eigenvalue weighted by molar-refractivity contribution is -0.140. The number of nitrogens with zero attached hydrogens (tertiary/aromatic N) is 2. The van der Waals surface area contributed by atoms with E-state index in [4.69, 9.17) is 12.2 Å². The molecule has 84 valence electrons. The molecule has 2 amide bonds. The third-order valence-electron chi connectivity index (χ3n) is 2.26. The molecule has 0 bridgehead atoms. The fourth-order valence-corrected chi connectivity index (χ4v) is 1.95. The van der Waals surface area contributed by atoms with E-state index >= 15 is 0 Å². The number of amides is 2. The number of carbonyl (C=O) groups is 2. The van der Waals surface area contributed by atoms with Crippen LogP contribution in [0.15, 0.2) is 0 Å². The Bertz CT molecular complexity index is 265. The van der Waals surface area contributed by atoms with Crippen molar-refractivity contribution in [2.24, 2.45) is 0 Å². The van der Waals surface area contributed by atoms with Gasteiger partial charge < -0.3 is 0 Å². The van der Waals surface area contributed by atoms with E-state index in [1.807, 2.05) is 13.8 Å². The summed E-state index contributed by atoms with van der Waals surface area (Å²) < 4.78 is 0. The highest BCUT2D eigenvalue weighted by Crippen LogP contribution is 2.13. The maximum Gasteiger partial charge on any atom is 0.238 e. The normalized spacial score (nSPS) is 17.6. The molecule has 4 nitrogen and oxygen atoms in total. The number of carbonyl (C=O) groups excluding carboxylic acids is 2. The molecule has 0 aromatic rings. The molecule has 0 aliphatic carbocycles. The van der Waals surface area contributed by atoms with Gasteiger partial charge in [0.1, 0.15) is 6.42 Å². The number of hydrogen-bond donors (Lipinski definition) is 0. The summed E-state index contributed by atoms with van der Waals surface area (Å²) in [6, 6.07) is 0. The van der Waals surface area contributed by atoms with Gasteiger partial charge in [0.05, 0.1) is 0 Å². The van der Waals surface area contributed by atoms with Gasteiger partial charge in [0, 0.05) is 13.1 Å². The highest BCUT2D eigenvalue weighted by Gasteiger charge is 2.33. The lowest BCUT2D eigenvalue weighted by Gasteiger charge is -2.35. The van der Waals surface area contributed by atoms with Crippen LogP contribution in [0.25, 0.3) is 0 Å². The first-order valence-corrected chi connectivity index (χ1v) is 5.67. The molecule has 1 saturated heterocycles. The van der Waals surface area contributed by atoms with Crippen molar-refractivity contribution in [1.82, 2.24) is 9.80 Å². The van der Waals surface area contributed by atoms with Crippen LogP contribution in [0.5, 0.6) is 0 Å². The number of hydrogen-bond acceptors (Lipinski definition) is 3. The summed E-state index contributed by atoms with van der Waals surface area (Å²) in [6.45, 7) is 5.17. The monoisotopic (exact) mass is 228 g/mol. The summed E-state index contributed by atoms with van der Waals surface area (Å²) in [7, 11) is 0. The minimum absolute atomic E-state index is 0.0415. The van der Waals surface area contributed by atoms with Crippen molar-refractivity contribution >= 4 is 29.1 Å². The van der Waals surface area contributed by atoms with Crippen LogP contribution in [0.3, 0.4) is 0 Å². The van der Waals surface area contributed by atoms with E-state index in [9.17, 15) is 9.59 Å². The molecule has 1 aliphatic rings. The van der Waals surface area contributed by atoms with Crippen molar-refractivity contribution in [3.05, 3.63) is 0 Å². The summed E-state index contributed by atoms with van der Waals surface area (Å²) >= 11 is 5.14. The highest BCUT2D eigenvalue weighted by molar-refractivity contribution is 7.80. The van der Waals surface area contributed by atoms with E-state index in [0.29, 0.717) is 18.2 Å². The molecule has 1 rings (SSSR count). The average Bonchev–Trinajstić information content (AvgIpc) is 2.19. The molecule has 15 heavy (non-hydrogen) atoms. The molecular weight excluding hydrogens is 212 g/mol. The van der Waals surface area contributed by atoms with E-state index in [2.05, 4.69) is 0 Å². The zero-order valence-corrected chi connectivity index (χ0v) is 9.97. The van der Waals surface area contributed by atoms with Crippen molar-refractivity contribution in [3.63, 3.8) is 0 Å². The molecule has 0 aromatic heterocycles. The molecule has 0 saturated carbocycles. The van der Waals surface area contributed by atoms with E-state index in [-0.39, 0.29) is 18.2 Å². The van der Waals surface area contributed by atoms with E-state index in [1.54, 1.807) is 0 Å². The van der Waals surface area contributed by atoms with Crippen LogP contribution < -0.4 is 0 Å². The molecule has 0 aromatic carbocycles. The van der Waals surface area contributed by atoms with Crippen molar-refractivity contribution in [1.29, 1.82) is 0 Å². The second kappa shape index (κ2) is 5.21. The standard InChI is InChI=1S/C10H16N2O2S/c1-3-5-11-8(13)7-9(14)12(6-4-2)10(11)15/h3-7H2,1-2H3. The largest absolute Gasteiger partial charge is 0.288 e. The summed E-state index contributed by atoms with van der Waals surface area (Å²) in [4.78, 5) is 26.2. The van der Waals surface area contributed by atoms with Gasteiger partial charge in [-0.25, -0.2) is 0 Å². The fraction of sp³-hybridized carbons (Fsp3) is 0.700. The van der Waals surface area contributed by atoms with E-state index < -0.39 is 0 Å². The third kappa shape index (κ3) is 2.53. The Labute approximate surface area is 95.2 Å². The third-order valence-corrected chi connectivity index (χ3v) is 2.70. The van der Waals surface area contributed by atoms with Crippen molar-refractivity contribution in [2.75, 3.05) is 13.1 Å². The summed E-state index contributed by atoms with van der Waals surface area (Å²) in [5.74, 6) is -0.335. The summed E-state index contributed by atoms with van der Waals surface area (Å²) in [6.07, 6.45) is 1.65. The Kier molecular flexibility index (Phi) is 4.20. The molecule has 0 spiro atoms. The predicted octanol–water partition coefficient (Wildman–Crippen LogP) is 1.15. The average molecular weight is 228 g/mol. The predicted molar refractivity (Wildman–Crippen MR) is 61.2 cm³/mol. The topological polar surface area (TPSA) is 40.6 Å². The van der Waals surface area contributed by atoms with Gasteiger partial charge in [0.2, 0.25) is 11.8 Å². The molecule has 1 heterocycles. The quantitative estimate of drug-likeness (QED) is 0.535. The number of rotatable bonds is 4. The molecule has 1 fully saturated rings. The maximum atomic E-state index is 11.5. The molecule has 0 atom stereocenters. The molecule has 5 heteroatoms. The van der Waals surface area contributed by atoms with Gasteiger partial charge in [0.25, 0.3) is 0 Å². The van der Waals surface area contributed by atoms with Crippen molar-refractivity contribution in [2.45, 2.75) is 33.1 Å². The lowest BCUT2D eigenvalue weighted by atomic mass is 10.2. The molecule has 0 radical (unpaired) electrons. The van der Waals surface area contributed by atoms with E-state index in [0.717, 1.165) is 12.8 Å². The maximum absolute atomic E-state index is 11.5. The first-order chi connectivity index (χ1) is 7.11. The van der Waals surface area contributed by atoms with Crippen LogP contribution in [-0.2, 0) is 9.59 Å². The lowest BCUT2D eigenvalue weighted by Crippen LogP contribution is -2.55. The van der Waals surface area contributed by atoms with Crippen LogP contribution in [0, 0.1) is 0 Å². The fourth-order valence-electron chi connectivity index (χ4n) is 1.57. The zero-order valence-electron chi connectivity index (χ0n) is 9.15. The molecule has 0 N–H and O–H groups in total. The Morgan fingerprint density at radius 1 is 1.07 bits per heavy atom. The minimum Gasteiger partial charge on any atom is -0.288 e. The number of thiocarbonyl (C=S) groups is 1. The SMILES string of the molecule is CCCN1C(=O)CC(=O)N(CCC)C1=S.